The molecule has 4 aromatic heterocycles. The molecule has 15 aromatic carbocycles. The number of aromatic nitrogens is 3. The third-order valence-corrected chi connectivity index (χ3v) is 23.5. The number of hydrogen-bond donors (Lipinski definition) is 0. The van der Waals surface area contributed by atoms with Crippen LogP contribution in [-0.2, 0) is 21.7 Å². The van der Waals surface area contributed by atoms with Crippen molar-refractivity contribution in [3.8, 4) is 50.4 Å². The molecule has 2 aliphatic heterocycles. The van der Waals surface area contributed by atoms with Gasteiger partial charge in [0, 0.05) is 82.7 Å². The normalized spacial score (nSPS) is 15.2. The summed E-state index contributed by atoms with van der Waals surface area (Å²) < 4.78 is 166. The highest BCUT2D eigenvalue weighted by atomic mass is 16.3. The molecule has 0 aliphatic carbocycles. The summed E-state index contributed by atoms with van der Waals surface area (Å²) in [4.78, 5) is 4.54. The van der Waals surface area contributed by atoms with Gasteiger partial charge in [0.15, 0.2) is 11.2 Å². The highest BCUT2D eigenvalue weighted by Gasteiger charge is 2.46. The van der Waals surface area contributed by atoms with Crippen LogP contribution in [0.4, 0.5) is 34.1 Å². The fraction of sp³-hybridized carbons (Fsp3) is 0.151. The van der Waals surface area contributed by atoms with Crippen LogP contribution in [0.1, 0.15) is 127 Å². The molecule has 113 heavy (non-hydrogen) atoms. The Morgan fingerprint density at radius 1 is 0.274 bits per heavy atom. The molecule has 2 aliphatic rings. The maximum Gasteiger partial charge on any atom is 0.252 e. The van der Waals surface area contributed by atoms with Gasteiger partial charge in [-0.2, -0.15) is 0 Å². The van der Waals surface area contributed by atoms with Gasteiger partial charge in [-0.05, 0) is 186 Å². The Balaban J connectivity index is 0.971. The highest BCUT2D eigenvalue weighted by molar-refractivity contribution is 7.00. The van der Waals surface area contributed by atoms with Gasteiger partial charge in [-0.25, -0.2) is 0 Å². The van der Waals surface area contributed by atoms with E-state index in [1.54, 1.807) is 16.7 Å². The van der Waals surface area contributed by atoms with Gasteiger partial charge in [0.1, 0.15) is 0 Å². The van der Waals surface area contributed by atoms with Crippen LogP contribution >= 0.6 is 0 Å². The summed E-state index contributed by atoms with van der Waals surface area (Å²) in [5.74, 6) is 0. The molecule has 0 saturated heterocycles. The average molecular weight is 1470 g/mol. The van der Waals surface area contributed by atoms with Gasteiger partial charge in [0.05, 0.1) is 77.8 Å². The molecule has 546 valence electrons. The van der Waals surface area contributed by atoms with Crippen LogP contribution in [0.2, 0.25) is 0 Å². The van der Waals surface area contributed by atoms with Crippen LogP contribution in [0.5, 0.6) is 0 Å². The first-order valence-corrected chi connectivity index (χ1v) is 38.8. The van der Waals surface area contributed by atoms with E-state index in [2.05, 4.69) is 231 Å². The minimum Gasteiger partial charge on any atom is -0.452 e. The smallest absolute Gasteiger partial charge is 0.252 e. The molecule has 6 heterocycles. The number of anilines is 6. The number of nitrogens with zero attached hydrogens (tertiary/aromatic N) is 5. The topological polar surface area (TPSA) is 34.4 Å². The van der Waals surface area contributed by atoms with E-state index in [-0.39, 0.29) is 76.8 Å². The van der Waals surface area contributed by atoms with Crippen molar-refractivity contribution in [1.82, 2.24) is 13.7 Å². The van der Waals surface area contributed by atoms with Gasteiger partial charge in [0.2, 0.25) is 0 Å². The Kier molecular flexibility index (Phi) is 11.7. The molecule has 0 bridgehead atoms. The summed E-state index contributed by atoms with van der Waals surface area (Å²) in [6.07, 6.45) is 0. The Labute approximate surface area is 683 Å². The predicted molar refractivity (Wildman–Crippen MR) is 482 cm³/mol. The van der Waals surface area contributed by atoms with Crippen molar-refractivity contribution < 1.29 is 26.3 Å². The van der Waals surface area contributed by atoms with Crippen molar-refractivity contribution in [2.45, 2.75) is 105 Å². The summed E-state index contributed by atoms with van der Waals surface area (Å²) >= 11 is 0. The van der Waals surface area contributed by atoms with Gasteiger partial charge < -0.3 is 27.9 Å². The summed E-state index contributed by atoms with van der Waals surface area (Å²) in [6.45, 7) is 26.0. The van der Waals surface area contributed by atoms with Crippen LogP contribution in [0.3, 0.4) is 0 Å². The van der Waals surface area contributed by atoms with Crippen LogP contribution in [0.15, 0.2) is 319 Å². The number of benzene rings is 15. The monoisotopic (exact) mass is 1470 g/mol. The standard InChI is InChI=1S/C106H88BN5O/c1-103(2,3)69-35-27-34-67(56-69)68-48-52-85-95(57-68)111(94-47-29-41-80-79-40-28-46-93(101(79)113-102(80)94)110-89-44-25-21-38-77(89)78-39-22-26-45-90(78)110)97-63-74(109-87-42-23-19-36-75(87)76-37-20-24-43-88(76)109)64-98-99(97)107(85)86-53-51-73(108-91-54-49-70(104(4,5)6)58-83(91)84-59-71(105(7,8)9)50-55-92(84)108)62-96(86)112(98)100-81(65-30-15-13-16-31-65)60-72(106(10,11)12)61-82(100)66-32-17-14-18-33-66/h13-64H,1-12H3/i19D,20D,21D,22D,23D,24D,25D,26D,36D,37D,38D,39D,42D,43D,44D,45D. The molecule has 0 amide bonds. The van der Waals surface area contributed by atoms with Crippen molar-refractivity contribution >= 4 is 145 Å². The van der Waals surface area contributed by atoms with E-state index >= 15 is 0 Å². The zero-order valence-corrected chi connectivity index (χ0v) is 65.0. The van der Waals surface area contributed by atoms with E-state index in [0.29, 0.717) is 39.1 Å². The lowest BCUT2D eigenvalue weighted by Crippen LogP contribution is -2.61. The zero-order valence-electron chi connectivity index (χ0n) is 81.0. The Bertz CT molecular complexity index is 7920. The second kappa shape index (κ2) is 24.8. The second-order valence-electron chi connectivity index (χ2n) is 34.5. The molecule has 0 unspecified atom stereocenters. The van der Waals surface area contributed by atoms with Crippen molar-refractivity contribution in [2.24, 2.45) is 0 Å². The van der Waals surface area contributed by atoms with Gasteiger partial charge in [0.25, 0.3) is 6.71 Å². The van der Waals surface area contributed by atoms with Crippen molar-refractivity contribution in [2.75, 3.05) is 9.80 Å². The van der Waals surface area contributed by atoms with Gasteiger partial charge in [-0.1, -0.05) is 295 Å². The first-order valence-electron chi connectivity index (χ1n) is 46.8. The zero-order chi connectivity index (χ0) is 90.8. The first-order chi connectivity index (χ1) is 61.2. The number of para-hydroxylation sites is 6. The average Bonchev–Trinajstić information content (AvgIpc) is 1.55. The summed E-state index contributed by atoms with van der Waals surface area (Å²) in [5, 5.41) is 2.90. The fourth-order valence-corrected chi connectivity index (χ4v) is 17.8. The van der Waals surface area contributed by atoms with Crippen LogP contribution in [0.25, 0.3) is 138 Å². The largest absolute Gasteiger partial charge is 0.452 e. The first kappa shape index (κ1) is 53.1. The van der Waals surface area contributed by atoms with Gasteiger partial charge in [-0.3, -0.25) is 0 Å². The molecule has 0 N–H and O–H groups in total. The third-order valence-electron chi connectivity index (χ3n) is 23.5. The van der Waals surface area contributed by atoms with E-state index in [4.69, 9.17) is 9.90 Å². The van der Waals surface area contributed by atoms with E-state index in [1.165, 1.54) is 15.7 Å². The molecule has 0 fully saturated rings. The molecular formula is C106H88BN5O. The quantitative estimate of drug-likeness (QED) is 0.142. The number of hydrogen-bond acceptors (Lipinski definition) is 3. The van der Waals surface area contributed by atoms with Crippen LogP contribution in [0, 0.1) is 0 Å². The highest BCUT2D eigenvalue weighted by Crippen LogP contribution is 2.55. The molecule has 0 saturated carbocycles. The molecule has 7 heteroatoms. The molecule has 6 nitrogen and oxygen atoms in total. The fourth-order valence-electron chi connectivity index (χ4n) is 17.8. The minimum absolute atomic E-state index is 0.0891. The Hall–Kier alpha value is -12.8. The van der Waals surface area contributed by atoms with E-state index in [9.17, 15) is 16.4 Å². The van der Waals surface area contributed by atoms with Crippen molar-refractivity contribution in [3.63, 3.8) is 0 Å². The maximum atomic E-state index is 10.3. The summed E-state index contributed by atoms with van der Waals surface area (Å²) in [5.41, 5.74) is 18.5. The number of furan rings is 1. The Morgan fingerprint density at radius 2 is 0.690 bits per heavy atom. The molecule has 0 spiro atoms. The molecule has 0 radical (unpaired) electrons. The van der Waals surface area contributed by atoms with Gasteiger partial charge in [-0.15, -0.1) is 0 Å². The van der Waals surface area contributed by atoms with Crippen molar-refractivity contribution in [1.29, 1.82) is 0 Å². The lowest BCUT2D eigenvalue weighted by Gasteiger charge is -2.45. The SMILES string of the molecule is [2H]c1c([2H])c([2H])c2c(c1[2H])c1c([2H])c([2H])c([2H])c([2H])c1n2-c1cc2c3c(c1)N(c1cccc4c1oc1c(-n5c6c([2H])c([2H])c([2H])c([2H])c6c6c([2H])c([2H])c([2H])c([2H])c65)cccc14)c1cc(-c4cccc(C(C)(C)C)c4)ccc1B3c1ccc(-n3c4ccc(C(C)(C)C)cc4c4cc(C(C)(C)C)ccc43)cc1N2c1c(-c2ccccc2)cc(C(C)(C)C)cc1-c1ccccc1. The Morgan fingerprint density at radius 3 is 1.21 bits per heavy atom. The van der Waals surface area contributed by atoms with Gasteiger partial charge >= 0.3 is 0 Å². The van der Waals surface area contributed by atoms with Crippen LogP contribution in [-0.4, -0.2) is 20.4 Å². The van der Waals surface area contributed by atoms with E-state index in [0.717, 1.165) is 99.8 Å². The maximum absolute atomic E-state index is 10.3. The molecule has 0 atom stereocenters. The summed E-state index contributed by atoms with van der Waals surface area (Å²) in [6, 6.07) is 67.7. The predicted octanol–water partition coefficient (Wildman–Crippen LogP) is 27.2. The van der Waals surface area contributed by atoms with E-state index in [1.807, 2.05) is 72.8 Å². The molecular weight excluding hydrogens is 1370 g/mol. The van der Waals surface area contributed by atoms with Crippen molar-refractivity contribution in [3.05, 3.63) is 337 Å². The minimum atomic E-state index is -0.689. The third kappa shape index (κ3) is 10.6. The van der Waals surface area contributed by atoms with Crippen LogP contribution < -0.4 is 26.2 Å². The lowest BCUT2D eigenvalue weighted by atomic mass is 9.33. The van der Waals surface area contributed by atoms with E-state index < -0.39 is 109 Å². The second-order valence-corrected chi connectivity index (χ2v) is 34.5. The number of fused-ring (bicyclic) bond motifs is 16. The molecule has 19 aromatic rings. The summed E-state index contributed by atoms with van der Waals surface area (Å²) in [7, 11) is 0. The number of rotatable bonds is 8. The molecule has 21 rings (SSSR count). The lowest BCUT2D eigenvalue weighted by molar-refractivity contribution is 0.590.